The van der Waals surface area contributed by atoms with E-state index in [1.807, 2.05) is 29.4 Å². The second-order valence-corrected chi connectivity index (χ2v) is 6.45. The van der Waals surface area contributed by atoms with Crippen molar-refractivity contribution < 1.29 is 14.3 Å². The van der Waals surface area contributed by atoms with Crippen LogP contribution >= 0.6 is 0 Å². The van der Waals surface area contributed by atoms with Gasteiger partial charge in [-0.05, 0) is 44.0 Å². The molecule has 2 heterocycles. The molecule has 0 radical (unpaired) electrons. The van der Waals surface area contributed by atoms with Crippen molar-refractivity contribution in [2.24, 2.45) is 0 Å². The number of nitrogens with zero attached hydrogens (tertiary/aromatic N) is 3. The van der Waals surface area contributed by atoms with Crippen LogP contribution in [0.25, 0.3) is 0 Å². The van der Waals surface area contributed by atoms with Crippen molar-refractivity contribution in [2.75, 3.05) is 32.8 Å². The number of urea groups is 1. The fraction of sp³-hybridized carbons (Fsp3) is 0.632. The molecule has 144 valence electrons. The molecular weight excluding hydrogens is 332 g/mol. The van der Waals surface area contributed by atoms with E-state index in [1.54, 1.807) is 6.92 Å². The maximum Gasteiger partial charge on any atom is 0.317 e. The largest absolute Gasteiger partial charge is 0.466 e. The van der Waals surface area contributed by atoms with E-state index in [-0.39, 0.29) is 18.4 Å². The van der Waals surface area contributed by atoms with Gasteiger partial charge in [0.05, 0.1) is 13.0 Å². The molecule has 0 unspecified atom stereocenters. The van der Waals surface area contributed by atoms with Gasteiger partial charge in [-0.15, -0.1) is 0 Å². The zero-order chi connectivity index (χ0) is 18.8. The lowest BCUT2D eigenvalue weighted by Gasteiger charge is -2.39. The quantitative estimate of drug-likeness (QED) is 0.716. The Morgan fingerprint density at radius 1 is 1.35 bits per heavy atom. The molecule has 26 heavy (non-hydrogen) atoms. The molecule has 0 aliphatic carbocycles. The number of amides is 2. The number of nitrogens with one attached hydrogen (secondary N) is 1. The van der Waals surface area contributed by atoms with Crippen molar-refractivity contribution in [1.29, 1.82) is 0 Å². The molecule has 2 rings (SSSR count). The summed E-state index contributed by atoms with van der Waals surface area (Å²) in [4.78, 5) is 32.1. The lowest BCUT2D eigenvalue weighted by atomic mass is 10.0. The highest BCUT2D eigenvalue weighted by Crippen LogP contribution is 2.18. The summed E-state index contributed by atoms with van der Waals surface area (Å²) in [5.74, 6) is -0.279. The summed E-state index contributed by atoms with van der Waals surface area (Å²) < 4.78 is 4.87. The molecule has 7 nitrogen and oxygen atoms in total. The summed E-state index contributed by atoms with van der Waals surface area (Å²) in [6.07, 6.45) is 5.91. The van der Waals surface area contributed by atoms with E-state index in [9.17, 15) is 9.59 Å². The van der Waals surface area contributed by atoms with Gasteiger partial charge in [0, 0.05) is 44.6 Å². The molecule has 1 aromatic rings. The molecule has 7 heteroatoms. The van der Waals surface area contributed by atoms with Crippen LogP contribution in [0, 0.1) is 0 Å². The fourth-order valence-corrected chi connectivity index (χ4v) is 3.28. The number of hydrogen-bond donors (Lipinski definition) is 1. The first kappa shape index (κ1) is 20.2. The second-order valence-electron chi connectivity index (χ2n) is 6.45. The predicted molar refractivity (Wildman–Crippen MR) is 99.6 cm³/mol. The number of aromatic nitrogens is 1. The lowest BCUT2D eigenvalue weighted by Crippen LogP contribution is -2.52. The van der Waals surface area contributed by atoms with Crippen molar-refractivity contribution >= 4 is 12.0 Å². The SMILES string of the molecule is CCOC(=O)CCNC(=O)N1CCC[C@@H](N(CC)Cc2ccncc2)C1. The summed E-state index contributed by atoms with van der Waals surface area (Å²) in [6.45, 7) is 7.87. The van der Waals surface area contributed by atoms with Gasteiger partial charge in [-0.2, -0.15) is 0 Å². The van der Waals surface area contributed by atoms with Gasteiger partial charge in [-0.1, -0.05) is 6.92 Å². The maximum absolute atomic E-state index is 12.4. The fourth-order valence-electron chi connectivity index (χ4n) is 3.28. The molecule has 1 N–H and O–H groups in total. The Balaban J connectivity index is 1.82. The van der Waals surface area contributed by atoms with Crippen molar-refractivity contribution in [2.45, 2.75) is 45.7 Å². The minimum Gasteiger partial charge on any atom is -0.466 e. The first-order valence-corrected chi connectivity index (χ1v) is 9.45. The standard InChI is InChI=1S/C19H30N4O3/c1-3-22(14-16-7-10-20-11-8-16)17-6-5-13-23(15-17)19(25)21-12-9-18(24)26-4-2/h7-8,10-11,17H,3-6,9,12-15H2,1-2H3,(H,21,25)/t17-/m1/s1. The normalized spacial score (nSPS) is 17.2. The third-order valence-corrected chi connectivity index (χ3v) is 4.65. The van der Waals surface area contributed by atoms with Crippen molar-refractivity contribution in [3.05, 3.63) is 30.1 Å². The van der Waals surface area contributed by atoms with Crippen LogP contribution in [0.3, 0.4) is 0 Å². The van der Waals surface area contributed by atoms with Gasteiger partial charge in [-0.3, -0.25) is 14.7 Å². The van der Waals surface area contributed by atoms with Gasteiger partial charge in [0.2, 0.25) is 0 Å². The highest BCUT2D eigenvalue weighted by atomic mass is 16.5. The summed E-state index contributed by atoms with van der Waals surface area (Å²) in [6, 6.07) is 4.31. The number of carbonyl (C=O) groups is 2. The smallest absolute Gasteiger partial charge is 0.317 e. The molecule has 0 aromatic carbocycles. The molecule has 1 aliphatic rings. The molecule has 1 atom stereocenters. The second kappa shape index (κ2) is 10.8. The van der Waals surface area contributed by atoms with E-state index in [0.717, 1.165) is 32.5 Å². The van der Waals surface area contributed by atoms with Gasteiger partial charge in [0.1, 0.15) is 0 Å². The van der Waals surface area contributed by atoms with E-state index < -0.39 is 0 Å². The van der Waals surface area contributed by atoms with Crippen molar-refractivity contribution in [1.82, 2.24) is 20.1 Å². The van der Waals surface area contributed by atoms with Gasteiger partial charge >= 0.3 is 12.0 Å². The Kier molecular flexibility index (Phi) is 8.34. The molecular formula is C19H30N4O3. The molecule has 0 saturated carbocycles. The third kappa shape index (κ3) is 6.29. The molecule has 0 spiro atoms. The topological polar surface area (TPSA) is 74.8 Å². The average molecular weight is 362 g/mol. The molecule has 1 aliphatic heterocycles. The van der Waals surface area contributed by atoms with E-state index >= 15 is 0 Å². The Hall–Kier alpha value is -2.15. The zero-order valence-corrected chi connectivity index (χ0v) is 15.8. The minimum absolute atomic E-state index is 0.0982. The zero-order valence-electron chi connectivity index (χ0n) is 15.8. The number of carbonyl (C=O) groups excluding carboxylic acids is 2. The number of hydrogen-bond acceptors (Lipinski definition) is 5. The van der Waals surface area contributed by atoms with Crippen LogP contribution in [0.15, 0.2) is 24.5 Å². The number of likely N-dealkylation sites (tertiary alicyclic amines) is 1. The number of likely N-dealkylation sites (N-methyl/N-ethyl adjacent to an activating group) is 1. The van der Waals surface area contributed by atoms with E-state index in [1.165, 1.54) is 5.56 Å². The first-order chi connectivity index (χ1) is 12.6. The first-order valence-electron chi connectivity index (χ1n) is 9.45. The van der Waals surface area contributed by atoms with Crippen molar-refractivity contribution in [3.63, 3.8) is 0 Å². The average Bonchev–Trinajstić information content (AvgIpc) is 2.67. The molecule has 0 bridgehead atoms. The monoisotopic (exact) mass is 362 g/mol. The van der Waals surface area contributed by atoms with Crippen LogP contribution in [-0.2, 0) is 16.1 Å². The number of rotatable bonds is 8. The summed E-state index contributed by atoms with van der Waals surface area (Å²) in [5, 5.41) is 2.83. The summed E-state index contributed by atoms with van der Waals surface area (Å²) in [5.41, 5.74) is 1.23. The van der Waals surface area contributed by atoms with Crippen LogP contribution in [-0.4, -0.2) is 65.6 Å². The van der Waals surface area contributed by atoms with E-state index in [2.05, 4.69) is 22.1 Å². The van der Waals surface area contributed by atoms with Crippen LogP contribution in [0.4, 0.5) is 4.79 Å². The Labute approximate surface area is 155 Å². The maximum atomic E-state index is 12.4. The number of ether oxygens (including phenoxy) is 1. The number of pyridine rings is 1. The van der Waals surface area contributed by atoms with E-state index in [4.69, 9.17) is 4.74 Å². The third-order valence-electron chi connectivity index (χ3n) is 4.65. The van der Waals surface area contributed by atoms with Gasteiger partial charge in [0.15, 0.2) is 0 Å². The van der Waals surface area contributed by atoms with Gasteiger partial charge in [-0.25, -0.2) is 4.79 Å². The van der Waals surface area contributed by atoms with Crippen LogP contribution in [0.5, 0.6) is 0 Å². The summed E-state index contributed by atoms with van der Waals surface area (Å²) in [7, 11) is 0. The predicted octanol–water partition coefficient (Wildman–Crippen LogP) is 2.03. The van der Waals surface area contributed by atoms with Gasteiger partial charge < -0.3 is 15.0 Å². The van der Waals surface area contributed by atoms with Crippen LogP contribution in [0.1, 0.15) is 38.7 Å². The number of esters is 1. The molecule has 1 aromatic heterocycles. The van der Waals surface area contributed by atoms with Crippen molar-refractivity contribution in [3.8, 4) is 0 Å². The highest BCUT2D eigenvalue weighted by Gasteiger charge is 2.27. The Morgan fingerprint density at radius 2 is 2.12 bits per heavy atom. The Morgan fingerprint density at radius 3 is 2.81 bits per heavy atom. The van der Waals surface area contributed by atoms with Crippen LogP contribution in [0.2, 0.25) is 0 Å². The lowest BCUT2D eigenvalue weighted by molar-refractivity contribution is -0.142. The van der Waals surface area contributed by atoms with Gasteiger partial charge in [0.25, 0.3) is 0 Å². The number of piperidine rings is 1. The summed E-state index contributed by atoms with van der Waals surface area (Å²) >= 11 is 0. The molecule has 2 amide bonds. The molecule has 1 saturated heterocycles. The minimum atomic E-state index is -0.279. The highest BCUT2D eigenvalue weighted by molar-refractivity contribution is 5.75. The van der Waals surface area contributed by atoms with E-state index in [0.29, 0.717) is 25.7 Å². The van der Waals surface area contributed by atoms with Crippen LogP contribution < -0.4 is 5.32 Å². The Bertz CT molecular complexity index is 567. The molecule has 1 fully saturated rings.